The molecule has 0 aromatic heterocycles. The Labute approximate surface area is 65.0 Å². The molecule has 0 aliphatic rings. The van der Waals surface area contributed by atoms with Gasteiger partial charge in [0.2, 0.25) is 0 Å². The van der Waals surface area contributed by atoms with Gasteiger partial charge in [-0.25, -0.2) is 4.79 Å². The molecule has 0 saturated carbocycles. The van der Waals surface area contributed by atoms with Crippen LogP contribution in [0.5, 0.6) is 0 Å². The molecular weight excluding hydrogens is 144 g/mol. The van der Waals surface area contributed by atoms with E-state index in [0.29, 0.717) is 0 Å². The zero-order valence-corrected chi connectivity index (χ0v) is 6.50. The molecule has 1 N–H and O–H groups in total. The molecule has 0 amide bonds. The van der Waals surface area contributed by atoms with Crippen molar-refractivity contribution in [3.05, 3.63) is 23.8 Å². The first-order chi connectivity index (χ1) is 5.13. The van der Waals surface area contributed by atoms with Crippen molar-refractivity contribution in [3.8, 4) is 0 Å². The van der Waals surface area contributed by atoms with Crippen LogP contribution in [0.4, 0.5) is 0 Å². The van der Waals surface area contributed by atoms with Gasteiger partial charge in [-0.15, -0.1) is 0 Å². The summed E-state index contributed by atoms with van der Waals surface area (Å²) in [5.74, 6) is -2.29. The van der Waals surface area contributed by atoms with Gasteiger partial charge in [-0.1, -0.05) is 18.2 Å². The topological polar surface area (TPSA) is 54.4 Å². The van der Waals surface area contributed by atoms with Crippen molar-refractivity contribution in [3.63, 3.8) is 0 Å². The maximum atomic E-state index is 10.7. The average Bonchev–Trinajstić information content (AvgIpc) is 1.98. The Bertz CT molecular complexity index is 223. The largest absolute Gasteiger partial charge is 0.475 e. The van der Waals surface area contributed by atoms with Crippen molar-refractivity contribution >= 4 is 11.8 Å². The Morgan fingerprint density at radius 2 is 1.82 bits per heavy atom. The minimum Gasteiger partial charge on any atom is -0.475 e. The number of aliphatic carboxylic acids is 1. The second kappa shape index (κ2) is 4.44. The van der Waals surface area contributed by atoms with Crippen molar-refractivity contribution in [2.45, 2.75) is 13.8 Å². The van der Waals surface area contributed by atoms with E-state index in [1.807, 2.05) is 0 Å². The van der Waals surface area contributed by atoms with Crippen molar-refractivity contribution < 1.29 is 14.7 Å². The van der Waals surface area contributed by atoms with Crippen LogP contribution in [0.3, 0.4) is 0 Å². The third kappa shape index (κ3) is 2.80. The van der Waals surface area contributed by atoms with Gasteiger partial charge in [0.25, 0.3) is 5.78 Å². The van der Waals surface area contributed by atoms with E-state index in [0.717, 1.165) is 0 Å². The van der Waals surface area contributed by atoms with E-state index >= 15 is 0 Å². The molecule has 3 heteroatoms. The van der Waals surface area contributed by atoms with E-state index in [9.17, 15) is 9.59 Å². The molecular formula is C8H10O3. The summed E-state index contributed by atoms with van der Waals surface area (Å²) >= 11 is 0. The number of carbonyl (C=O) groups is 2. The lowest BCUT2D eigenvalue weighted by atomic mass is 10.1. The molecule has 0 aliphatic heterocycles. The third-order valence-electron chi connectivity index (χ3n) is 1.11. The Kier molecular flexibility index (Phi) is 3.88. The minimum absolute atomic E-state index is 0.208. The molecule has 0 heterocycles. The van der Waals surface area contributed by atoms with Crippen molar-refractivity contribution in [1.82, 2.24) is 0 Å². The van der Waals surface area contributed by atoms with Crippen molar-refractivity contribution in [2.24, 2.45) is 0 Å². The monoisotopic (exact) mass is 154 g/mol. The van der Waals surface area contributed by atoms with Gasteiger partial charge in [-0.05, 0) is 13.8 Å². The Morgan fingerprint density at radius 1 is 1.27 bits per heavy atom. The van der Waals surface area contributed by atoms with Gasteiger partial charge in [-0.2, -0.15) is 0 Å². The lowest BCUT2D eigenvalue weighted by molar-refractivity contribution is -0.147. The summed E-state index contributed by atoms with van der Waals surface area (Å²) in [5.41, 5.74) is 0.208. The zero-order chi connectivity index (χ0) is 8.85. The summed E-state index contributed by atoms with van der Waals surface area (Å²) in [7, 11) is 0. The van der Waals surface area contributed by atoms with Gasteiger partial charge in [0.05, 0.1) is 0 Å². The van der Waals surface area contributed by atoms with Crippen molar-refractivity contribution in [1.29, 1.82) is 0 Å². The lowest BCUT2D eigenvalue weighted by Crippen LogP contribution is -2.13. The van der Waals surface area contributed by atoms with E-state index in [2.05, 4.69) is 0 Å². The molecule has 0 aromatic rings. The number of carboxylic acid groups (broad SMARTS) is 1. The molecule has 11 heavy (non-hydrogen) atoms. The lowest BCUT2D eigenvalue weighted by Gasteiger charge is -1.92. The van der Waals surface area contributed by atoms with Crippen LogP contribution >= 0.6 is 0 Å². The normalized spacial score (nSPS) is 12.0. The van der Waals surface area contributed by atoms with Crippen LogP contribution in [0, 0.1) is 0 Å². The highest BCUT2D eigenvalue weighted by molar-refractivity contribution is 6.40. The Balaban J connectivity index is 4.55. The second-order valence-corrected chi connectivity index (χ2v) is 1.88. The molecule has 0 unspecified atom stereocenters. The van der Waals surface area contributed by atoms with Gasteiger partial charge in [0.1, 0.15) is 0 Å². The highest BCUT2D eigenvalue weighted by Gasteiger charge is 2.13. The average molecular weight is 154 g/mol. The quantitative estimate of drug-likeness (QED) is 0.377. The van der Waals surface area contributed by atoms with Crippen LogP contribution in [-0.4, -0.2) is 16.9 Å². The molecule has 0 atom stereocenters. The van der Waals surface area contributed by atoms with E-state index in [1.54, 1.807) is 19.9 Å². The molecule has 60 valence electrons. The first-order valence-corrected chi connectivity index (χ1v) is 3.20. The number of ketones is 1. The van der Waals surface area contributed by atoms with Crippen LogP contribution in [0.1, 0.15) is 13.8 Å². The van der Waals surface area contributed by atoms with E-state index in [4.69, 9.17) is 5.11 Å². The number of hydrogen-bond acceptors (Lipinski definition) is 2. The molecule has 0 bridgehead atoms. The van der Waals surface area contributed by atoms with Crippen LogP contribution in [0.25, 0.3) is 0 Å². The first kappa shape index (κ1) is 9.62. The highest BCUT2D eigenvalue weighted by Crippen LogP contribution is 1.98. The maximum absolute atomic E-state index is 10.7. The molecule has 0 aliphatic carbocycles. The molecule has 0 rings (SSSR count). The smallest absolute Gasteiger partial charge is 0.377 e. The van der Waals surface area contributed by atoms with Crippen LogP contribution in [0.15, 0.2) is 23.8 Å². The number of rotatable bonds is 3. The van der Waals surface area contributed by atoms with Crippen LogP contribution in [0.2, 0.25) is 0 Å². The summed E-state index contributed by atoms with van der Waals surface area (Å²) < 4.78 is 0. The number of carboxylic acids is 1. The van der Waals surface area contributed by atoms with Crippen LogP contribution < -0.4 is 0 Å². The summed E-state index contributed by atoms with van der Waals surface area (Å²) in [6.07, 6.45) is 4.56. The second-order valence-electron chi connectivity index (χ2n) is 1.88. The third-order valence-corrected chi connectivity index (χ3v) is 1.11. The molecule has 3 nitrogen and oxygen atoms in total. The fourth-order valence-electron chi connectivity index (χ4n) is 0.606. The maximum Gasteiger partial charge on any atom is 0.377 e. The molecule has 0 radical (unpaired) electrons. The summed E-state index contributed by atoms with van der Waals surface area (Å²) in [4.78, 5) is 20.9. The van der Waals surface area contributed by atoms with Gasteiger partial charge in [0.15, 0.2) is 0 Å². The molecule has 0 saturated heterocycles. The Hall–Kier alpha value is -1.38. The van der Waals surface area contributed by atoms with Gasteiger partial charge in [0, 0.05) is 5.57 Å². The summed E-state index contributed by atoms with van der Waals surface area (Å²) in [6, 6.07) is 0. The van der Waals surface area contributed by atoms with E-state index < -0.39 is 11.8 Å². The standard InChI is InChI=1S/C8H10O3/c1-3-5-6(4-2)7(9)8(10)11/h3-5H,1-2H3,(H,10,11). The first-order valence-electron chi connectivity index (χ1n) is 3.20. The number of hydrogen-bond donors (Lipinski definition) is 1. The van der Waals surface area contributed by atoms with Crippen molar-refractivity contribution in [2.75, 3.05) is 0 Å². The summed E-state index contributed by atoms with van der Waals surface area (Å²) in [6.45, 7) is 3.34. The summed E-state index contributed by atoms with van der Waals surface area (Å²) in [5, 5.41) is 8.29. The van der Waals surface area contributed by atoms with E-state index in [-0.39, 0.29) is 5.57 Å². The van der Waals surface area contributed by atoms with Gasteiger partial charge < -0.3 is 5.11 Å². The fraction of sp³-hybridized carbons (Fsp3) is 0.250. The zero-order valence-electron chi connectivity index (χ0n) is 6.50. The minimum atomic E-state index is -1.42. The number of carbonyl (C=O) groups excluding carboxylic acids is 1. The predicted octanol–water partition coefficient (Wildman–Crippen LogP) is 1.16. The highest BCUT2D eigenvalue weighted by atomic mass is 16.4. The van der Waals surface area contributed by atoms with Gasteiger partial charge >= 0.3 is 5.97 Å². The predicted molar refractivity (Wildman–Crippen MR) is 41.2 cm³/mol. The molecule has 0 fully saturated rings. The fourth-order valence-corrected chi connectivity index (χ4v) is 0.606. The van der Waals surface area contributed by atoms with E-state index in [1.165, 1.54) is 12.2 Å². The van der Waals surface area contributed by atoms with Gasteiger partial charge in [-0.3, -0.25) is 4.79 Å². The molecule has 0 spiro atoms. The number of allylic oxidation sites excluding steroid dienone is 3. The SMILES string of the molecule is CC=CC(=CC)C(=O)C(=O)O. The Morgan fingerprint density at radius 3 is 2.09 bits per heavy atom. The van der Waals surface area contributed by atoms with Crippen LogP contribution in [-0.2, 0) is 9.59 Å². The number of Topliss-reactive ketones (excluding diaryl/α,β-unsaturated/α-hetero) is 1. The molecule has 0 aromatic carbocycles.